The van der Waals surface area contributed by atoms with Crippen LogP contribution in [0.25, 0.3) is 10.4 Å². The number of rotatable bonds is 4. The van der Waals surface area contributed by atoms with Crippen LogP contribution in [0, 0.1) is 12.3 Å². The van der Waals surface area contributed by atoms with Crippen LogP contribution in [0.3, 0.4) is 0 Å². The number of nitrogens with zero attached hydrogens (tertiary/aromatic N) is 3. The number of thiazole rings is 1. The second-order valence-electron chi connectivity index (χ2n) is 9.00. The number of halogens is 3. The molecule has 1 aromatic carbocycles. The van der Waals surface area contributed by atoms with Gasteiger partial charge in [-0.3, -0.25) is 0 Å². The van der Waals surface area contributed by atoms with Gasteiger partial charge in [-0.15, -0.1) is 11.3 Å². The number of aliphatic hydroxyl groups excluding tert-OH is 1. The van der Waals surface area contributed by atoms with E-state index in [1.807, 2.05) is 26.8 Å². The van der Waals surface area contributed by atoms with Crippen molar-refractivity contribution in [3.05, 3.63) is 52.9 Å². The molecule has 176 valence electrons. The molecular formula is C23H25F3N4O2S. The number of benzene rings is 1. The molecule has 3 aromatic rings. The van der Waals surface area contributed by atoms with Crippen LogP contribution < -0.4 is 5.32 Å². The Balaban J connectivity index is 1.64. The van der Waals surface area contributed by atoms with Crippen molar-refractivity contribution in [2.45, 2.75) is 57.9 Å². The van der Waals surface area contributed by atoms with E-state index < -0.39 is 29.0 Å². The van der Waals surface area contributed by atoms with Crippen molar-refractivity contribution in [3.8, 4) is 10.4 Å². The van der Waals surface area contributed by atoms with E-state index >= 15 is 0 Å². The van der Waals surface area contributed by atoms with Crippen LogP contribution in [-0.4, -0.2) is 31.3 Å². The van der Waals surface area contributed by atoms with Gasteiger partial charge < -0.3 is 15.5 Å². The fourth-order valence-corrected chi connectivity index (χ4v) is 5.38. The molecule has 0 spiro atoms. The van der Waals surface area contributed by atoms with E-state index in [-0.39, 0.29) is 5.95 Å². The average molecular weight is 479 g/mol. The van der Waals surface area contributed by atoms with Crippen molar-refractivity contribution < 1.29 is 23.4 Å². The zero-order chi connectivity index (χ0) is 24.0. The highest BCUT2D eigenvalue weighted by Gasteiger charge is 2.53. The minimum absolute atomic E-state index is 0.154. The molecule has 0 unspecified atom stereocenters. The first-order valence-corrected chi connectivity index (χ1v) is 11.4. The average Bonchev–Trinajstić information content (AvgIpc) is 3.22. The van der Waals surface area contributed by atoms with Crippen LogP contribution in [0.4, 0.5) is 24.8 Å². The summed E-state index contributed by atoms with van der Waals surface area (Å²) in [5, 5.41) is 25.3. The molecule has 1 saturated carbocycles. The molecule has 1 aliphatic carbocycles. The zero-order valence-corrected chi connectivity index (χ0v) is 19.3. The van der Waals surface area contributed by atoms with Crippen LogP contribution in [0.2, 0.25) is 0 Å². The maximum absolute atomic E-state index is 13.0. The number of aliphatic hydroxyl groups is 2. The van der Waals surface area contributed by atoms with Crippen molar-refractivity contribution in [3.63, 3.8) is 0 Å². The van der Waals surface area contributed by atoms with Gasteiger partial charge in [-0.25, -0.2) is 15.0 Å². The molecule has 4 rings (SSSR count). The van der Waals surface area contributed by atoms with E-state index in [0.29, 0.717) is 30.0 Å². The quantitative estimate of drug-likeness (QED) is 0.463. The van der Waals surface area contributed by atoms with Gasteiger partial charge in [-0.1, -0.05) is 19.9 Å². The van der Waals surface area contributed by atoms with Gasteiger partial charge >= 0.3 is 6.18 Å². The Bertz CT molecular complexity index is 1160. The molecule has 0 radical (unpaired) electrons. The Morgan fingerprint density at radius 1 is 1.18 bits per heavy atom. The molecule has 1 aliphatic rings. The predicted octanol–water partition coefficient (Wildman–Crippen LogP) is 5.43. The Morgan fingerprint density at radius 2 is 1.94 bits per heavy atom. The summed E-state index contributed by atoms with van der Waals surface area (Å²) in [5.41, 5.74) is -0.808. The second-order valence-corrected chi connectivity index (χ2v) is 10.0. The van der Waals surface area contributed by atoms with E-state index in [0.717, 1.165) is 28.3 Å². The lowest BCUT2D eigenvalue weighted by atomic mass is 9.64. The summed E-state index contributed by atoms with van der Waals surface area (Å²) in [6.07, 6.45) is -0.608. The third-order valence-corrected chi connectivity index (χ3v) is 7.54. The van der Waals surface area contributed by atoms with E-state index in [1.54, 1.807) is 18.3 Å². The number of anilines is 2. The Kier molecular flexibility index (Phi) is 5.96. The number of aromatic nitrogens is 3. The highest BCUT2D eigenvalue weighted by atomic mass is 32.1. The second kappa shape index (κ2) is 8.34. The number of hydrogen-bond acceptors (Lipinski definition) is 7. The lowest BCUT2D eigenvalue weighted by Gasteiger charge is -2.48. The first-order valence-electron chi connectivity index (χ1n) is 10.6. The normalized spacial score (nSPS) is 22.8. The molecule has 10 heteroatoms. The van der Waals surface area contributed by atoms with Crippen LogP contribution >= 0.6 is 11.3 Å². The third kappa shape index (κ3) is 4.47. The number of alkyl halides is 3. The monoisotopic (exact) mass is 478 g/mol. The molecule has 3 N–H and O–H groups in total. The first kappa shape index (κ1) is 23.6. The molecule has 0 amide bonds. The van der Waals surface area contributed by atoms with Gasteiger partial charge in [0.2, 0.25) is 5.95 Å². The van der Waals surface area contributed by atoms with Gasteiger partial charge in [0.1, 0.15) is 16.3 Å². The van der Waals surface area contributed by atoms with Crippen molar-refractivity contribution in [2.24, 2.45) is 5.41 Å². The molecule has 0 bridgehead atoms. The first-order chi connectivity index (χ1) is 15.4. The molecular weight excluding hydrogens is 453 g/mol. The van der Waals surface area contributed by atoms with Crippen molar-refractivity contribution in [1.82, 2.24) is 15.0 Å². The van der Waals surface area contributed by atoms with Gasteiger partial charge in [0.05, 0.1) is 11.0 Å². The highest BCUT2D eigenvalue weighted by Crippen LogP contribution is 2.51. The van der Waals surface area contributed by atoms with Crippen LogP contribution in [0.5, 0.6) is 0 Å². The Labute approximate surface area is 193 Å². The molecule has 2 atom stereocenters. The van der Waals surface area contributed by atoms with Gasteiger partial charge in [-0.2, -0.15) is 13.2 Å². The predicted molar refractivity (Wildman–Crippen MR) is 120 cm³/mol. The molecule has 0 saturated heterocycles. The molecule has 33 heavy (non-hydrogen) atoms. The fourth-order valence-electron chi connectivity index (χ4n) is 4.19. The smallest absolute Gasteiger partial charge is 0.392 e. The zero-order valence-electron chi connectivity index (χ0n) is 18.4. The summed E-state index contributed by atoms with van der Waals surface area (Å²) >= 11 is 1.35. The van der Waals surface area contributed by atoms with Crippen molar-refractivity contribution in [2.75, 3.05) is 5.32 Å². The van der Waals surface area contributed by atoms with Gasteiger partial charge in [-0.05, 0) is 55.5 Å². The van der Waals surface area contributed by atoms with Gasteiger partial charge in [0.15, 0.2) is 0 Å². The van der Waals surface area contributed by atoms with E-state index in [4.69, 9.17) is 0 Å². The lowest BCUT2D eigenvalue weighted by molar-refractivity contribution is -0.161. The van der Waals surface area contributed by atoms with Crippen LogP contribution in [0.1, 0.15) is 49.4 Å². The highest BCUT2D eigenvalue weighted by molar-refractivity contribution is 7.15. The maximum Gasteiger partial charge on any atom is 0.433 e. The van der Waals surface area contributed by atoms with Crippen LogP contribution in [0.15, 0.2) is 36.7 Å². The fraction of sp³-hybridized carbons (Fsp3) is 0.435. The lowest BCUT2D eigenvalue weighted by Crippen LogP contribution is -2.52. The number of nitrogens with one attached hydrogen (secondary N) is 1. The largest absolute Gasteiger partial charge is 0.433 e. The summed E-state index contributed by atoms with van der Waals surface area (Å²) in [6, 6.07) is 6.31. The minimum Gasteiger partial charge on any atom is -0.392 e. The molecule has 2 aromatic heterocycles. The molecule has 2 heterocycles. The number of hydrogen-bond donors (Lipinski definition) is 3. The van der Waals surface area contributed by atoms with E-state index in [2.05, 4.69) is 20.3 Å². The van der Waals surface area contributed by atoms with Gasteiger partial charge in [0, 0.05) is 23.5 Å². The summed E-state index contributed by atoms with van der Waals surface area (Å²) < 4.78 is 38.9. The standard InChI is InChI=1S/C23H25F3N4O2S/c1-13-9-14(11-15(10-13)29-20-27-8-6-17(30-20)23(24,25)26)16-12-28-19(33-16)22(32)7-4-5-18(31)21(22,2)3/h6,8-12,18,31-32H,4-5,7H2,1-3H3,(H,27,29,30)/t18-,22-/m1/s1. The summed E-state index contributed by atoms with van der Waals surface area (Å²) in [5.74, 6) is -0.154. The van der Waals surface area contributed by atoms with E-state index in [9.17, 15) is 23.4 Å². The van der Waals surface area contributed by atoms with Crippen LogP contribution in [-0.2, 0) is 11.8 Å². The van der Waals surface area contributed by atoms with Crippen molar-refractivity contribution in [1.29, 1.82) is 0 Å². The van der Waals surface area contributed by atoms with E-state index in [1.165, 1.54) is 11.3 Å². The summed E-state index contributed by atoms with van der Waals surface area (Å²) in [7, 11) is 0. The summed E-state index contributed by atoms with van der Waals surface area (Å²) in [6.45, 7) is 5.57. The third-order valence-electron chi connectivity index (χ3n) is 6.34. The Morgan fingerprint density at radius 3 is 2.67 bits per heavy atom. The topological polar surface area (TPSA) is 91.2 Å². The van der Waals surface area contributed by atoms with Gasteiger partial charge in [0.25, 0.3) is 0 Å². The van der Waals surface area contributed by atoms with Crippen molar-refractivity contribution >= 4 is 23.0 Å². The number of aryl methyl sites for hydroxylation is 1. The molecule has 0 aliphatic heterocycles. The Hall–Kier alpha value is -2.56. The minimum atomic E-state index is -4.56. The molecule has 6 nitrogen and oxygen atoms in total. The maximum atomic E-state index is 13.0. The molecule has 1 fully saturated rings. The summed E-state index contributed by atoms with van der Waals surface area (Å²) in [4.78, 5) is 12.7. The SMILES string of the molecule is Cc1cc(Nc2nccc(C(F)(F)F)n2)cc(-c2cnc([C@]3(O)CCC[C@@H](O)C3(C)C)s2)c1.